The zero-order valence-electron chi connectivity index (χ0n) is 13.6. The Morgan fingerprint density at radius 3 is 2.59 bits per heavy atom. The number of pyridine rings is 2. The molecule has 132 valence electrons. The van der Waals surface area contributed by atoms with Crippen LogP contribution in [0.1, 0.15) is 0 Å². The lowest BCUT2D eigenvalue weighted by atomic mass is 10.1. The number of rotatable bonds is 2. The summed E-state index contributed by atoms with van der Waals surface area (Å²) in [4.78, 5) is 9.41. The van der Waals surface area contributed by atoms with Gasteiger partial charge in [-0.05, 0) is 40.2 Å². The average molecular weight is 459 g/mol. The second-order valence-electron chi connectivity index (χ2n) is 6.00. The third kappa shape index (κ3) is 2.64. The van der Waals surface area contributed by atoms with Crippen molar-refractivity contribution in [3.8, 4) is 22.4 Å². The Kier molecular flexibility index (Phi) is 3.93. The molecule has 27 heavy (non-hydrogen) atoms. The fourth-order valence-electron chi connectivity index (χ4n) is 3.12. The molecule has 0 radical (unpaired) electrons. The predicted octanol–water partition coefficient (Wildman–Crippen LogP) is 6.01. The van der Waals surface area contributed by atoms with Gasteiger partial charge in [0.1, 0.15) is 15.9 Å². The quantitative estimate of drug-likeness (QED) is 0.352. The molecule has 0 aliphatic heterocycles. The zero-order valence-corrected chi connectivity index (χ0v) is 16.7. The minimum absolute atomic E-state index is 0.549. The molecule has 0 aliphatic rings. The van der Waals surface area contributed by atoms with Crippen molar-refractivity contribution < 1.29 is 0 Å². The summed E-state index contributed by atoms with van der Waals surface area (Å²) in [5, 5.41) is 8.85. The second-order valence-corrected chi connectivity index (χ2v) is 7.57. The standard InChI is InChI=1S/C19H10BrCl2N5/c20-18-17(16-13(21)2-1-3-14(16)22)26-19-12-6-10(11-8-24-25-9-11)7-23-15(12)4-5-27(18)19/h1-9H,(H,24,25). The zero-order chi connectivity index (χ0) is 18.5. The molecule has 0 amide bonds. The first-order valence-electron chi connectivity index (χ1n) is 8.03. The van der Waals surface area contributed by atoms with E-state index in [1.165, 1.54) is 0 Å². The topological polar surface area (TPSA) is 58.9 Å². The van der Waals surface area contributed by atoms with Crippen molar-refractivity contribution in [2.24, 2.45) is 0 Å². The minimum Gasteiger partial charge on any atom is -0.293 e. The van der Waals surface area contributed by atoms with E-state index >= 15 is 0 Å². The maximum atomic E-state index is 6.40. The van der Waals surface area contributed by atoms with Crippen molar-refractivity contribution >= 4 is 55.7 Å². The van der Waals surface area contributed by atoms with E-state index in [9.17, 15) is 0 Å². The van der Waals surface area contributed by atoms with E-state index in [1.54, 1.807) is 18.3 Å². The number of aromatic amines is 1. The van der Waals surface area contributed by atoms with Crippen LogP contribution in [0.5, 0.6) is 0 Å². The Morgan fingerprint density at radius 2 is 1.85 bits per heavy atom. The molecule has 4 aromatic heterocycles. The molecule has 0 spiro atoms. The molecule has 1 N–H and O–H groups in total. The normalized spacial score (nSPS) is 11.5. The van der Waals surface area contributed by atoms with Crippen LogP contribution in [0.4, 0.5) is 0 Å². The molecule has 0 saturated heterocycles. The van der Waals surface area contributed by atoms with E-state index in [2.05, 4.69) is 37.2 Å². The lowest BCUT2D eigenvalue weighted by Crippen LogP contribution is -1.89. The van der Waals surface area contributed by atoms with Crippen LogP contribution in [0.25, 0.3) is 38.9 Å². The monoisotopic (exact) mass is 457 g/mol. The fourth-order valence-corrected chi connectivity index (χ4v) is 4.27. The fraction of sp³-hybridized carbons (Fsp3) is 0. The van der Waals surface area contributed by atoms with Crippen LogP contribution in [0.3, 0.4) is 0 Å². The van der Waals surface area contributed by atoms with Gasteiger partial charge in [-0.25, -0.2) is 4.98 Å². The van der Waals surface area contributed by atoms with Crippen LogP contribution in [-0.2, 0) is 0 Å². The Morgan fingerprint density at radius 1 is 1.04 bits per heavy atom. The third-order valence-electron chi connectivity index (χ3n) is 4.42. The van der Waals surface area contributed by atoms with Gasteiger partial charge in [0.25, 0.3) is 0 Å². The van der Waals surface area contributed by atoms with E-state index in [1.807, 2.05) is 35.1 Å². The molecule has 1 aromatic carbocycles. The second kappa shape index (κ2) is 6.34. The van der Waals surface area contributed by atoms with Gasteiger partial charge in [-0.15, -0.1) is 0 Å². The Hall–Kier alpha value is -2.41. The highest BCUT2D eigenvalue weighted by molar-refractivity contribution is 9.10. The highest BCUT2D eigenvalue weighted by Gasteiger charge is 2.19. The molecule has 0 fully saturated rings. The number of imidazole rings is 1. The summed E-state index contributed by atoms with van der Waals surface area (Å²) in [6.45, 7) is 0. The number of hydrogen-bond donors (Lipinski definition) is 1. The van der Waals surface area contributed by atoms with Gasteiger partial charge in [-0.1, -0.05) is 29.3 Å². The van der Waals surface area contributed by atoms with Gasteiger partial charge in [0.05, 0.1) is 21.8 Å². The van der Waals surface area contributed by atoms with Crippen LogP contribution in [0.2, 0.25) is 10.0 Å². The van der Waals surface area contributed by atoms with Crippen molar-refractivity contribution in [2.45, 2.75) is 0 Å². The van der Waals surface area contributed by atoms with Crippen molar-refractivity contribution in [1.82, 2.24) is 24.6 Å². The van der Waals surface area contributed by atoms with E-state index in [4.69, 9.17) is 28.2 Å². The maximum Gasteiger partial charge on any atom is 0.147 e. The molecule has 0 unspecified atom stereocenters. The first-order chi connectivity index (χ1) is 13.1. The molecule has 5 aromatic rings. The summed E-state index contributed by atoms with van der Waals surface area (Å²) in [6.07, 6.45) is 7.35. The lowest BCUT2D eigenvalue weighted by molar-refractivity contribution is 1.09. The summed E-state index contributed by atoms with van der Waals surface area (Å²) >= 11 is 16.4. The number of nitrogens with zero attached hydrogens (tertiary/aromatic N) is 4. The van der Waals surface area contributed by atoms with E-state index in [0.717, 1.165) is 32.3 Å². The van der Waals surface area contributed by atoms with Crippen LogP contribution < -0.4 is 0 Å². The minimum atomic E-state index is 0.549. The number of fused-ring (bicyclic) bond motifs is 3. The number of nitrogens with one attached hydrogen (secondary N) is 1. The summed E-state index contributed by atoms with van der Waals surface area (Å²) in [6, 6.07) is 9.42. The van der Waals surface area contributed by atoms with Gasteiger partial charge in [-0.2, -0.15) is 5.10 Å². The molecule has 8 heteroatoms. The number of benzene rings is 1. The largest absolute Gasteiger partial charge is 0.293 e. The Balaban J connectivity index is 1.82. The third-order valence-corrected chi connectivity index (χ3v) is 5.81. The van der Waals surface area contributed by atoms with E-state index in [0.29, 0.717) is 21.3 Å². The van der Waals surface area contributed by atoms with Crippen LogP contribution >= 0.6 is 39.1 Å². The molecular formula is C19H10BrCl2N5. The van der Waals surface area contributed by atoms with Gasteiger partial charge in [0.15, 0.2) is 0 Å². The van der Waals surface area contributed by atoms with Gasteiger partial charge >= 0.3 is 0 Å². The van der Waals surface area contributed by atoms with Crippen LogP contribution in [0.15, 0.2) is 59.7 Å². The summed E-state index contributed by atoms with van der Waals surface area (Å²) in [5.41, 5.74) is 4.93. The SMILES string of the molecule is Clc1cccc(Cl)c1-c1nc2c3cc(-c4cn[nH]c4)cnc3ccn2c1Br. The number of halogens is 3. The number of H-pyrrole nitrogens is 1. The van der Waals surface area contributed by atoms with Gasteiger partial charge in [-0.3, -0.25) is 14.5 Å². The Bertz CT molecular complexity index is 1290. The van der Waals surface area contributed by atoms with Gasteiger partial charge < -0.3 is 0 Å². The first kappa shape index (κ1) is 16.7. The van der Waals surface area contributed by atoms with E-state index < -0.39 is 0 Å². The van der Waals surface area contributed by atoms with Crippen molar-refractivity contribution in [1.29, 1.82) is 0 Å². The molecule has 0 bridgehead atoms. The molecule has 5 rings (SSSR count). The first-order valence-corrected chi connectivity index (χ1v) is 9.58. The van der Waals surface area contributed by atoms with Gasteiger partial charge in [0, 0.05) is 40.7 Å². The summed E-state index contributed by atoms with van der Waals surface area (Å²) < 4.78 is 2.74. The summed E-state index contributed by atoms with van der Waals surface area (Å²) in [7, 11) is 0. The van der Waals surface area contributed by atoms with Crippen LogP contribution in [-0.4, -0.2) is 24.6 Å². The van der Waals surface area contributed by atoms with Crippen molar-refractivity contribution in [3.05, 3.63) is 69.8 Å². The number of aromatic nitrogens is 5. The average Bonchev–Trinajstić information content (AvgIpc) is 3.31. The van der Waals surface area contributed by atoms with Crippen LogP contribution in [0, 0.1) is 0 Å². The smallest absolute Gasteiger partial charge is 0.147 e. The number of hydrogen-bond acceptors (Lipinski definition) is 3. The predicted molar refractivity (Wildman–Crippen MR) is 111 cm³/mol. The Labute approximate surface area is 172 Å². The molecule has 5 nitrogen and oxygen atoms in total. The highest BCUT2D eigenvalue weighted by atomic mass is 79.9. The maximum absolute atomic E-state index is 6.40. The highest BCUT2D eigenvalue weighted by Crippen LogP contribution is 2.39. The summed E-state index contributed by atoms with van der Waals surface area (Å²) in [5.74, 6) is 0. The molecular weight excluding hydrogens is 449 g/mol. The van der Waals surface area contributed by atoms with Gasteiger partial charge in [0.2, 0.25) is 0 Å². The van der Waals surface area contributed by atoms with Crippen molar-refractivity contribution in [2.75, 3.05) is 0 Å². The molecule has 0 aliphatic carbocycles. The molecule has 4 heterocycles. The van der Waals surface area contributed by atoms with Crippen molar-refractivity contribution in [3.63, 3.8) is 0 Å². The van der Waals surface area contributed by atoms with E-state index in [-0.39, 0.29) is 0 Å². The molecule has 0 saturated carbocycles. The molecule has 0 atom stereocenters. The lowest BCUT2D eigenvalue weighted by Gasteiger charge is -2.04.